The Morgan fingerprint density at radius 2 is 1.89 bits per heavy atom. The monoisotopic (exact) mass is 133 g/mol. The third-order valence-electron chi connectivity index (χ3n) is 0.694. The van der Waals surface area contributed by atoms with Crippen LogP contribution in [0.2, 0.25) is 0 Å². The number of hydrogen-bond acceptors (Lipinski definition) is 3. The number of carbonyl (C=O) groups excluding carboxylic acids is 1. The predicted octanol–water partition coefficient (Wildman–Crippen LogP) is -0.255. The lowest BCUT2D eigenvalue weighted by Crippen LogP contribution is -2.12. The Kier molecular flexibility index (Phi) is 13.4. The molecule has 9 heavy (non-hydrogen) atoms. The second kappa shape index (κ2) is 10.5. The van der Waals surface area contributed by atoms with Crippen LogP contribution in [0.15, 0.2) is 0 Å². The highest BCUT2D eigenvalue weighted by atomic mass is 16.2. The summed E-state index contributed by atoms with van der Waals surface area (Å²) < 4.78 is 0. The molecule has 0 spiro atoms. The molecule has 0 amide bonds. The first-order valence-corrected chi connectivity index (χ1v) is 2.80. The number of hydrogen-bond donors (Lipinski definition) is 1. The van der Waals surface area contributed by atoms with Crippen molar-refractivity contribution in [1.82, 2.24) is 4.90 Å². The summed E-state index contributed by atoms with van der Waals surface area (Å²) in [5.41, 5.74) is 0. The summed E-state index contributed by atoms with van der Waals surface area (Å²) in [5, 5.41) is 7.00. The van der Waals surface area contributed by atoms with Crippen LogP contribution in [-0.4, -0.2) is 44.0 Å². The van der Waals surface area contributed by atoms with Gasteiger partial charge in [-0.1, -0.05) is 0 Å². The minimum Gasteiger partial charge on any atom is -0.400 e. The summed E-state index contributed by atoms with van der Waals surface area (Å²) in [6.07, 6.45) is 1.58. The number of aliphatic hydroxyl groups excluding tert-OH is 1. The van der Waals surface area contributed by atoms with E-state index in [4.69, 9.17) is 5.11 Å². The Morgan fingerprint density at radius 1 is 1.44 bits per heavy atom. The lowest BCUT2D eigenvalue weighted by Gasteiger charge is -2.03. The van der Waals surface area contributed by atoms with Gasteiger partial charge in [0.15, 0.2) is 0 Å². The third kappa shape index (κ3) is 18.4. The summed E-state index contributed by atoms with van der Waals surface area (Å²) in [6.45, 7) is 0.865. The minimum absolute atomic E-state index is 0.646. The third-order valence-corrected chi connectivity index (χ3v) is 0.694. The maximum absolute atomic E-state index is 9.68. The van der Waals surface area contributed by atoms with E-state index in [0.29, 0.717) is 6.42 Å². The van der Waals surface area contributed by atoms with Crippen molar-refractivity contribution in [3.05, 3.63) is 0 Å². The molecule has 0 unspecified atom stereocenters. The Labute approximate surface area is 56.3 Å². The van der Waals surface area contributed by atoms with E-state index in [1.807, 2.05) is 19.0 Å². The van der Waals surface area contributed by atoms with Crippen molar-refractivity contribution in [3.8, 4) is 0 Å². The summed E-state index contributed by atoms with van der Waals surface area (Å²) >= 11 is 0. The van der Waals surface area contributed by atoms with Crippen molar-refractivity contribution >= 4 is 6.29 Å². The standard InChI is InChI=1S/C5H11NO.CH4O/c1-6(2)4-3-5-7;1-2/h5H,3-4H2,1-2H3;2H,1H3. The van der Waals surface area contributed by atoms with E-state index in [1.165, 1.54) is 0 Å². The van der Waals surface area contributed by atoms with Crippen LogP contribution in [0.3, 0.4) is 0 Å². The maximum Gasteiger partial charge on any atom is 0.121 e. The molecule has 0 aliphatic heterocycles. The van der Waals surface area contributed by atoms with E-state index < -0.39 is 0 Å². The molecule has 56 valence electrons. The van der Waals surface area contributed by atoms with Gasteiger partial charge in [-0.15, -0.1) is 0 Å². The molecule has 3 heteroatoms. The molecule has 0 atom stereocenters. The van der Waals surface area contributed by atoms with Gasteiger partial charge < -0.3 is 14.8 Å². The van der Waals surface area contributed by atoms with Gasteiger partial charge in [0, 0.05) is 20.1 Å². The van der Waals surface area contributed by atoms with E-state index in [-0.39, 0.29) is 0 Å². The largest absolute Gasteiger partial charge is 0.400 e. The highest BCUT2D eigenvalue weighted by Gasteiger charge is 1.83. The van der Waals surface area contributed by atoms with Gasteiger partial charge in [-0.05, 0) is 14.1 Å². The average molecular weight is 133 g/mol. The molecule has 0 rings (SSSR count). The van der Waals surface area contributed by atoms with Crippen molar-refractivity contribution in [1.29, 1.82) is 0 Å². The Morgan fingerprint density at radius 3 is 2.00 bits per heavy atom. The molecule has 3 nitrogen and oxygen atoms in total. The fraction of sp³-hybridized carbons (Fsp3) is 0.833. The zero-order chi connectivity index (χ0) is 7.70. The van der Waals surface area contributed by atoms with Gasteiger partial charge in [-0.2, -0.15) is 0 Å². The SMILES string of the molecule is CN(C)CCC=O.CO. The van der Waals surface area contributed by atoms with Gasteiger partial charge in [0.1, 0.15) is 6.29 Å². The van der Waals surface area contributed by atoms with E-state index in [1.54, 1.807) is 0 Å². The predicted molar refractivity (Wildman–Crippen MR) is 37.4 cm³/mol. The van der Waals surface area contributed by atoms with E-state index in [0.717, 1.165) is 19.9 Å². The molecule has 0 saturated carbocycles. The molecule has 0 aromatic rings. The summed E-state index contributed by atoms with van der Waals surface area (Å²) in [7, 11) is 4.90. The van der Waals surface area contributed by atoms with Crippen LogP contribution in [0.4, 0.5) is 0 Å². The van der Waals surface area contributed by atoms with E-state index >= 15 is 0 Å². The first-order valence-electron chi connectivity index (χ1n) is 2.80. The van der Waals surface area contributed by atoms with Crippen LogP contribution in [0.1, 0.15) is 6.42 Å². The molecule has 0 aromatic heterocycles. The quantitative estimate of drug-likeness (QED) is 0.539. The van der Waals surface area contributed by atoms with Crippen LogP contribution in [0.5, 0.6) is 0 Å². The Balaban J connectivity index is 0. The highest BCUT2D eigenvalue weighted by Crippen LogP contribution is 1.74. The van der Waals surface area contributed by atoms with Crippen LogP contribution in [-0.2, 0) is 4.79 Å². The van der Waals surface area contributed by atoms with Crippen molar-refractivity contribution in [2.75, 3.05) is 27.7 Å². The second-order valence-electron chi connectivity index (χ2n) is 1.76. The molecule has 1 N–H and O–H groups in total. The first kappa shape index (κ1) is 11.4. The van der Waals surface area contributed by atoms with Gasteiger partial charge >= 0.3 is 0 Å². The molecular weight excluding hydrogens is 118 g/mol. The fourth-order valence-corrected chi connectivity index (χ4v) is 0.311. The summed E-state index contributed by atoms with van der Waals surface area (Å²) in [5.74, 6) is 0. The van der Waals surface area contributed by atoms with Gasteiger partial charge in [0.05, 0.1) is 0 Å². The van der Waals surface area contributed by atoms with Crippen LogP contribution < -0.4 is 0 Å². The molecule has 0 saturated heterocycles. The van der Waals surface area contributed by atoms with Gasteiger partial charge in [-0.3, -0.25) is 0 Å². The molecule has 0 bridgehead atoms. The number of carbonyl (C=O) groups is 1. The molecular formula is C6H15NO2. The topological polar surface area (TPSA) is 40.5 Å². The normalized spacial score (nSPS) is 8.11. The van der Waals surface area contributed by atoms with Crippen LogP contribution in [0, 0.1) is 0 Å². The summed E-state index contributed by atoms with van der Waals surface area (Å²) in [4.78, 5) is 11.7. The molecule has 0 fully saturated rings. The molecule has 0 aromatic carbocycles. The van der Waals surface area contributed by atoms with Crippen LogP contribution >= 0.6 is 0 Å². The Hall–Kier alpha value is -0.410. The average Bonchev–Trinajstić information content (AvgIpc) is 1.88. The zero-order valence-electron chi connectivity index (χ0n) is 6.29. The lowest BCUT2D eigenvalue weighted by molar-refractivity contribution is -0.108. The molecule has 0 aliphatic carbocycles. The van der Waals surface area contributed by atoms with Crippen molar-refractivity contribution < 1.29 is 9.90 Å². The lowest BCUT2D eigenvalue weighted by atomic mass is 10.4. The van der Waals surface area contributed by atoms with Gasteiger partial charge in [0.2, 0.25) is 0 Å². The second-order valence-corrected chi connectivity index (χ2v) is 1.76. The van der Waals surface area contributed by atoms with E-state index in [9.17, 15) is 4.79 Å². The zero-order valence-corrected chi connectivity index (χ0v) is 6.29. The first-order chi connectivity index (χ1) is 4.27. The highest BCUT2D eigenvalue weighted by molar-refractivity contribution is 5.49. The number of aliphatic hydroxyl groups is 1. The van der Waals surface area contributed by atoms with Crippen molar-refractivity contribution in [3.63, 3.8) is 0 Å². The number of aldehydes is 1. The molecule has 0 heterocycles. The van der Waals surface area contributed by atoms with E-state index in [2.05, 4.69) is 0 Å². The fourth-order valence-electron chi connectivity index (χ4n) is 0.311. The van der Waals surface area contributed by atoms with Gasteiger partial charge in [-0.25, -0.2) is 0 Å². The number of nitrogens with zero attached hydrogens (tertiary/aromatic N) is 1. The molecule has 0 radical (unpaired) electrons. The minimum atomic E-state index is 0.646. The number of rotatable bonds is 3. The van der Waals surface area contributed by atoms with Gasteiger partial charge in [0.25, 0.3) is 0 Å². The van der Waals surface area contributed by atoms with Crippen molar-refractivity contribution in [2.45, 2.75) is 6.42 Å². The molecule has 0 aliphatic rings. The Bertz CT molecular complexity index is 55.0. The maximum atomic E-state index is 9.68. The van der Waals surface area contributed by atoms with Crippen LogP contribution in [0.25, 0.3) is 0 Å². The smallest absolute Gasteiger partial charge is 0.121 e. The van der Waals surface area contributed by atoms with Crippen molar-refractivity contribution in [2.24, 2.45) is 0 Å². The summed E-state index contributed by atoms with van der Waals surface area (Å²) in [6, 6.07) is 0.